The second kappa shape index (κ2) is 7.55. The van der Waals surface area contributed by atoms with E-state index in [0.717, 1.165) is 5.56 Å². The van der Waals surface area contributed by atoms with Crippen molar-refractivity contribution in [2.75, 3.05) is 21.3 Å². The molecular formula is C17H21NO5S. The van der Waals surface area contributed by atoms with E-state index in [1.54, 1.807) is 32.2 Å². The molecule has 6 nitrogen and oxygen atoms in total. The Hall–Kier alpha value is -2.25. The van der Waals surface area contributed by atoms with Crippen molar-refractivity contribution in [3.05, 3.63) is 48.0 Å². The molecule has 2 rings (SSSR count). The molecule has 2 aromatic rings. The minimum absolute atomic E-state index is 0.0561. The average molecular weight is 351 g/mol. The summed E-state index contributed by atoms with van der Waals surface area (Å²) in [5.41, 5.74) is 0.797. The van der Waals surface area contributed by atoms with Crippen LogP contribution in [-0.4, -0.2) is 29.7 Å². The Morgan fingerprint density at radius 2 is 1.58 bits per heavy atom. The van der Waals surface area contributed by atoms with Crippen molar-refractivity contribution >= 4 is 10.0 Å². The fourth-order valence-electron chi connectivity index (χ4n) is 2.27. The highest BCUT2D eigenvalue weighted by Gasteiger charge is 2.23. The van der Waals surface area contributed by atoms with Crippen LogP contribution in [0.3, 0.4) is 0 Å². The summed E-state index contributed by atoms with van der Waals surface area (Å²) >= 11 is 0. The molecule has 0 aromatic heterocycles. The summed E-state index contributed by atoms with van der Waals surface area (Å²) in [6.07, 6.45) is 0. The van der Waals surface area contributed by atoms with E-state index in [9.17, 15) is 8.42 Å². The van der Waals surface area contributed by atoms with Crippen LogP contribution in [0.5, 0.6) is 17.2 Å². The van der Waals surface area contributed by atoms with Crippen LogP contribution in [0.1, 0.15) is 18.5 Å². The predicted octanol–water partition coefficient (Wildman–Crippen LogP) is 2.75. The molecule has 1 N–H and O–H groups in total. The molecule has 1 atom stereocenters. The molecule has 0 aliphatic carbocycles. The first kappa shape index (κ1) is 18.1. The highest BCUT2D eigenvalue weighted by atomic mass is 32.2. The van der Waals surface area contributed by atoms with Crippen molar-refractivity contribution < 1.29 is 22.6 Å². The third kappa shape index (κ3) is 3.98. The van der Waals surface area contributed by atoms with Crippen molar-refractivity contribution in [3.8, 4) is 17.2 Å². The minimum Gasteiger partial charge on any atom is -0.497 e. The van der Waals surface area contributed by atoms with Gasteiger partial charge in [-0.3, -0.25) is 0 Å². The SMILES string of the molecule is COc1cccc(C(C)NS(=O)(=O)c2ccc(OC)cc2OC)c1. The van der Waals surface area contributed by atoms with Gasteiger partial charge in [-0.25, -0.2) is 13.1 Å². The van der Waals surface area contributed by atoms with Crippen molar-refractivity contribution in [1.29, 1.82) is 0 Å². The number of hydrogen-bond donors (Lipinski definition) is 1. The lowest BCUT2D eigenvalue weighted by Crippen LogP contribution is -2.27. The largest absolute Gasteiger partial charge is 0.497 e. The quantitative estimate of drug-likeness (QED) is 0.830. The van der Waals surface area contributed by atoms with Gasteiger partial charge >= 0.3 is 0 Å². The first-order valence-electron chi connectivity index (χ1n) is 7.29. The van der Waals surface area contributed by atoms with Crippen LogP contribution < -0.4 is 18.9 Å². The second-order valence-electron chi connectivity index (χ2n) is 5.14. The van der Waals surface area contributed by atoms with Crippen molar-refractivity contribution in [2.45, 2.75) is 17.9 Å². The number of benzene rings is 2. The maximum absolute atomic E-state index is 12.7. The normalized spacial score (nSPS) is 12.5. The van der Waals surface area contributed by atoms with Crippen LogP contribution in [0.25, 0.3) is 0 Å². The van der Waals surface area contributed by atoms with Gasteiger partial charge < -0.3 is 14.2 Å². The third-order valence-electron chi connectivity index (χ3n) is 3.59. The maximum Gasteiger partial charge on any atom is 0.244 e. The van der Waals surface area contributed by atoms with Gasteiger partial charge in [0.2, 0.25) is 10.0 Å². The van der Waals surface area contributed by atoms with E-state index in [2.05, 4.69) is 4.72 Å². The molecule has 0 aliphatic heterocycles. The van der Waals surface area contributed by atoms with Gasteiger partial charge in [-0.2, -0.15) is 0 Å². The number of ether oxygens (including phenoxy) is 3. The molecule has 0 aliphatic rings. The van der Waals surface area contributed by atoms with Crippen molar-refractivity contribution in [1.82, 2.24) is 4.72 Å². The molecule has 1 unspecified atom stereocenters. The Bertz CT molecular complexity index is 804. The number of nitrogens with one attached hydrogen (secondary N) is 1. The molecule has 0 heterocycles. The van der Waals surface area contributed by atoms with Crippen molar-refractivity contribution in [3.63, 3.8) is 0 Å². The van der Waals surface area contributed by atoms with Gasteiger partial charge in [-0.15, -0.1) is 0 Å². The van der Waals surface area contributed by atoms with Crippen LogP contribution in [-0.2, 0) is 10.0 Å². The molecule has 2 aromatic carbocycles. The highest BCUT2D eigenvalue weighted by Crippen LogP contribution is 2.29. The molecular weight excluding hydrogens is 330 g/mol. The predicted molar refractivity (Wildman–Crippen MR) is 91.3 cm³/mol. The molecule has 7 heteroatoms. The molecule has 0 bridgehead atoms. The van der Waals surface area contributed by atoms with E-state index in [1.807, 2.05) is 12.1 Å². The van der Waals surface area contributed by atoms with Gasteiger partial charge in [0.05, 0.1) is 21.3 Å². The lowest BCUT2D eigenvalue weighted by Gasteiger charge is -2.17. The maximum atomic E-state index is 12.7. The summed E-state index contributed by atoms with van der Waals surface area (Å²) in [6, 6.07) is 11.4. The van der Waals surface area contributed by atoms with Crippen LogP contribution in [0.2, 0.25) is 0 Å². The zero-order valence-electron chi connectivity index (χ0n) is 14.1. The lowest BCUT2D eigenvalue weighted by atomic mass is 10.1. The topological polar surface area (TPSA) is 73.9 Å². The Labute approximate surface area is 142 Å². The first-order valence-corrected chi connectivity index (χ1v) is 8.78. The zero-order valence-corrected chi connectivity index (χ0v) is 14.9. The summed E-state index contributed by atoms with van der Waals surface area (Å²) in [4.78, 5) is 0.0561. The Morgan fingerprint density at radius 3 is 2.21 bits per heavy atom. The van der Waals surface area contributed by atoms with E-state index in [-0.39, 0.29) is 10.6 Å². The molecule has 0 amide bonds. The monoisotopic (exact) mass is 351 g/mol. The zero-order chi connectivity index (χ0) is 17.7. The van der Waals surface area contributed by atoms with Crippen LogP contribution in [0.15, 0.2) is 47.4 Å². The van der Waals surface area contributed by atoms with Crippen LogP contribution >= 0.6 is 0 Å². The Kier molecular flexibility index (Phi) is 5.69. The smallest absolute Gasteiger partial charge is 0.244 e. The van der Waals surface area contributed by atoms with Crippen molar-refractivity contribution in [2.24, 2.45) is 0 Å². The van der Waals surface area contributed by atoms with Gasteiger partial charge in [0.1, 0.15) is 22.1 Å². The summed E-state index contributed by atoms with van der Waals surface area (Å²) in [7, 11) is 0.721. The highest BCUT2D eigenvalue weighted by molar-refractivity contribution is 7.89. The van der Waals surface area contributed by atoms with E-state index in [0.29, 0.717) is 11.5 Å². The van der Waals surface area contributed by atoms with E-state index >= 15 is 0 Å². The van der Waals surface area contributed by atoms with Gasteiger partial charge in [0.25, 0.3) is 0 Å². The van der Waals surface area contributed by atoms with Gasteiger partial charge in [-0.05, 0) is 36.8 Å². The van der Waals surface area contributed by atoms with Crippen LogP contribution in [0, 0.1) is 0 Å². The molecule has 0 spiro atoms. The molecule has 130 valence electrons. The first-order chi connectivity index (χ1) is 11.4. The van der Waals surface area contributed by atoms with Gasteiger partial charge in [0, 0.05) is 12.1 Å². The number of sulfonamides is 1. The van der Waals surface area contributed by atoms with Gasteiger partial charge in [0.15, 0.2) is 0 Å². The fourth-order valence-corrected chi connectivity index (χ4v) is 3.65. The fraction of sp³-hybridized carbons (Fsp3) is 0.294. The lowest BCUT2D eigenvalue weighted by molar-refractivity contribution is 0.385. The average Bonchev–Trinajstić information content (AvgIpc) is 2.60. The molecule has 0 saturated heterocycles. The standard InChI is InChI=1S/C17H21NO5S/c1-12(13-6-5-7-14(10-13)21-2)18-24(19,20)17-9-8-15(22-3)11-16(17)23-4/h5-12,18H,1-4H3. The number of hydrogen-bond acceptors (Lipinski definition) is 5. The molecule has 0 radical (unpaired) electrons. The Balaban J connectivity index is 2.30. The summed E-state index contributed by atoms with van der Waals surface area (Å²) in [5.74, 6) is 1.41. The summed E-state index contributed by atoms with van der Waals surface area (Å²) in [6.45, 7) is 1.77. The minimum atomic E-state index is -3.77. The molecule has 0 fully saturated rings. The Morgan fingerprint density at radius 1 is 0.917 bits per heavy atom. The third-order valence-corrected chi connectivity index (χ3v) is 5.17. The van der Waals surface area contributed by atoms with Crippen LogP contribution in [0.4, 0.5) is 0 Å². The van der Waals surface area contributed by atoms with E-state index in [1.165, 1.54) is 26.4 Å². The van der Waals surface area contributed by atoms with E-state index < -0.39 is 16.1 Å². The summed E-state index contributed by atoms with van der Waals surface area (Å²) < 4.78 is 43.5. The van der Waals surface area contributed by atoms with E-state index in [4.69, 9.17) is 14.2 Å². The number of methoxy groups -OCH3 is 3. The molecule has 0 saturated carbocycles. The number of rotatable bonds is 7. The van der Waals surface area contributed by atoms with Gasteiger partial charge in [-0.1, -0.05) is 12.1 Å². The molecule has 24 heavy (non-hydrogen) atoms. The summed E-state index contributed by atoms with van der Waals surface area (Å²) in [5, 5.41) is 0. The second-order valence-corrected chi connectivity index (χ2v) is 6.82.